The molecule has 3 rings (SSSR count). The normalized spacial score (nSPS) is 17.0. The second-order valence-corrected chi connectivity index (χ2v) is 6.39. The summed E-state index contributed by atoms with van der Waals surface area (Å²) in [7, 11) is 0. The summed E-state index contributed by atoms with van der Waals surface area (Å²) in [6.07, 6.45) is -9.69. The molecule has 1 heterocycles. The molecule has 1 aliphatic heterocycles. The number of alkyl halides is 6. The topological polar surface area (TPSA) is 33.7 Å². The van der Waals surface area contributed by atoms with E-state index < -0.39 is 24.5 Å². The van der Waals surface area contributed by atoms with Crippen LogP contribution in [0, 0.1) is 0 Å². The number of halogens is 6. The van der Waals surface area contributed by atoms with Gasteiger partial charge in [-0.3, -0.25) is 4.90 Å². The first-order valence-electron chi connectivity index (χ1n) is 8.77. The molecule has 158 valence electrons. The maximum absolute atomic E-state index is 12.9. The van der Waals surface area contributed by atoms with Crippen LogP contribution >= 0.6 is 0 Å². The Morgan fingerprint density at radius 3 is 1.97 bits per heavy atom. The van der Waals surface area contributed by atoms with E-state index in [-0.39, 0.29) is 11.3 Å². The predicted molar refractivity (Wildman–Crippen MR) is 92.5 cm³/mol. The van der Waals surface area contributed by atoms with Crippen molar-refractivity contribution < 1.29 is 35.8 Å². The summed E-state index contributed by atoms with van der Waals surface area (Å²) in [4.78, 5) is 1.95. The van der Waals surface area contributed by atoms with Crippen LogP contribution in [0.1, 0.15) is 17.2 Å². The first-order valence-corrected chi connectivity index (χ1v) is 8.77. The Balaban J connectivity index is 1.98. The Morgan fingerprint density at radius 2 is 1.38 bits per heavy atom. The molecule has 0 aromatic heterocycles. The fraction of sp³-hybridized carbons (Fsp3) is 0.368. The van der Waals surface area contributed by atoms with Crippen LogP contribution in [0.4, 0.5) is 26.3 Å². The van der Waals surface area contributed by atoms with Crippen molar-refractivity contribution in [3.05, 3.63) is 59.7 Å². The summed E-state index contributed by atoms with van der Waals surface area (Å²) in [5.41, 5.74) is 0.802. The molecular weight excluding hydrogens is 402 g/mol. The van der Waals surface area contributed by atoms with Gasteiger partial charge in [-0.15, -0.1) is 26.3 Å². The fourth-order valence-corrected chi connectivity index (χ4v) is 3.30. The van der Waals surface area contributed by atoms with Crippen molar-refractivity contribution >= 4 is 0 Å². The van der Waals surface area contributed by atoms with E-state index in [1.54, 1.807) is 6.07 Å². The number of piperazine rings is 1. The molecule has 2 aromatic rings. The molecule has 2 aromatic carbocycles. The molecular formula is C19H18F6N2O2. The highest BCUT2D eigenvalue weighted by atomic mass is 19.4. The standard InChI is InChI=1S/C19H18F6N2O2/c20-18(21,22)28-14-7-5-13(6-8-14)17(27-11-9-26-10-12-27)15-3-1-2-4-16(15)29-19(23,24)25/h1-8,17,26H,9-12H2/t17-/m1/s1. The van der Waals surface area contributed by atoms with E-state index in [4.69, 9.17) is 0 Å². The van der Waals surface area contributed by atoms with E-state index in [0.717, 1.165) is 12.1 Å². The third-order valence-electron chi connectivity index (χ3n) is 4.39. The van der Waals surface area contributed by atoms with Gasteiger partial charge in [0.25, 0.3) is 0 Å². The molecule has 0 amide bonds. The SMILES string of the molecule is FC(F)(F)Oc1ccc([C@H](c2ccccc2OC(F)(F)F)N2CCNCC2)cc1. The number of rotatable bonds is 5. The van der Waals surface area contributed by atoms with Gasteiger partial charge in [-0.2, -0.15) is 0 Å². The Morgan fingerprint density at radius 1 is 0.793 bits per heavy atom. The van der Waals surface area contributed by atoms with Gasteiger partial charge < -0.3 is 14.8 Å². The molecule has 10 heteroatoms. The second-order valence-electron chi connectivity index (χ2n) is 6.39. The minimum Gasteiger partial charge on any atom is -0.406 e. The Kier molecular flexibility index (Phi) is 6.23. The van der Waals surface area contributed by atoms with Crippen molar-refractivity contribution in [1.29, 1.82) is 0 Å². The number of nitrogens with zero attached hydrogens (tertiary/aromatic N) is 1. The van der Waals surface area contributed by atoms with Gasteiger partial charge in [0.2, 0.25) is 0 Å². The largest absolute Gasteiger partial charge is 0.573 e. The highest BCUT2D eigenvalue weighted by Crippen LogP contribution is 2.38. The molecule has 0 radical (unpaired) electrons. The summed E-state index contributed by atoms with van der Waals surface area (Å²) in [6.45, 7) is 2.36. The van der Waals surface area contributed by atoms with Crippen LogP contribution < -0.4 is 14.8 Å². The van der Waals surface area contributed by atoms with Crippen LogP contribution in [-0.2, 0) is 0 Å². The summed E-state index contributed by atoms with van der Waals surface area (Å²) in [6, 6.07) is 10.3. The number of benzene rings is 2. The third kappa shape index (κ3) is 6.01. The maximum atomic E-state index is 12.9. The first kappa shape index (κ1) is 21.3. The number of para-hydroxylation sites is 1. The highest BCUT2D eigenvalue weighted by molar-refractivity contribution is 5.43. The molecule has 1 fully saturated rings. The average Bonchev–Trinajstić information content (AvgIpc) is 2.63. The predicted octanol–water partition coefficient (Wildman–Crippen LogP) is 4.48. The van der Waals surface area contributed by atoms with Gasteiger partial charge >= 0.3 is 12.7 Å². The van der Waals surface area contributed by atoms with Crippen molar-refractivity contribution in [2.75, 3.05) is 26.2 Å². The van der Waals surface area contributed by atoms with Crippen molar-refractivity contribution in [2.45, 2.75) is 18.8 Å². The molecule has 0 saturated carbocycles. The maximum Gasteiger partial charge on any atom is 0.573 e. The second kappa shape index (κ2) is 8.50. The average molecular weight is 420 g/mol. The Bertz CT molecular complexity index is 802. The molecule has 1 saturated heterocycles. The summed E-state index contributed by atoms with van der Waals surface area (Å²) in [5.74, 6) is -0.751. The minimum atomic E-state index is -4.87. The summed E-state index contributed by atoms with van der Waals surface area (Å²) in [5, 5.41) is 3.16. The van der Waals surface area contributed by atoms with E-state index >= 15 is 0 Å². The molecule has 0 spiro atoms. The lowest BCUT2D eigenvalue weighted by Gasteiger charge is -2.36. The minimum absolute atomic E-state index is 0.274. The highest BCUT2D eigenvalue weighted by Gasteiger charge is 2.35. The van der Waals surface area contributed by atoms with Crippen LogP contribution in [0.3, 0.4) is 0 Å². The van der Waals surface area contributed by atoms with Gasteiger partial charge in [0.05, 0.1) is 6.04 Å². The number of hydrogen-bond donors (Lipinski definition) is 1. The Hall–Kier alpha value is -2.46. The van der Waals surface area contributed by atoms with Crippen LogP contribution in [0.2, 0.25) is 0 Å². The molecule has 0 bridgehead atoms. The molecule has 4 nitrogen and oxygen atoms in total. The lowest BCUT2D eigenvalue weighted by Crippen LogP contribution is -2.45. The van der Waals surface area contributed by atoms with Crippen molar-refractivity contribution in [3.63, 3.8) is 0 Å². The van der Waals surface area contributed by atoms with E-state index in [1.165, 1.54) is 30.3 Å². The molecule has 1 aliphatic rings. The zero-order valence-electron chi connectivity index (χ0n) is 15.1. The summed E-state index contributed by atoms with van der Waals surface area (Å²) < 4.78 is 83.9. The molecule has 1 N–H and O–H groups in total. The quantitative estimate of drug-likeness (QED) is 0.724. The zero-order chi connectivity index (χ0) is 21.1. The first-order chi connectivity index (χ1) is 13.6. The van der Waals surface area contributed by atoms with Crippen molar-refractivity contribution in [3.8, 4) is 11.5 Å². The summed E-state index contributed by atoms with van der Waals surface area (Å²) >= 11 is 0. The van der Waals surface area contributed by atoms with E-state index in [1.807, 2.05) is 4.90 Å². The van der Waals surface area contributed by atoms with Crippen LogP contribution in [0.25, 0.3) is 0 Å². The third-order valence-corrected chi connectivity index (χ3v) is 4.39. The smallest absolute Gasteiger partial charge is 0.406 e. The van der Waals surface area contributed by atoms with Crippen LogP contribution in [0.5, 0.6) is 11.5 Å². The van der Waals surface area contributed by atoms with Crippen LogP contribution in [-0.4, -0.2) is 43.8 Å². The lowest BCUT2D eigenvalue weighted by atomic mass is 9.95. The monoisotopic (exact) mass is 420 g/mol. The fourth-order valence-electron chi connectivity index (χ4n) is 3.30. The van der Waals surface area contributed by atoms with Gasteiger partial charge in [-0.1, -0.05) is 30.3 Å². The van der Waals surface area contributed by atoms with Gasteiger partial charge in [-0.05, 0) is 23.8 Å². The Labute approximate surface area is 163 Å². The van der Waals surface area contributed by atoms with E-state index in [0.29, 0.717) is 31.7 Å². The number of hydrogen-bond acceptors (Lipinski definition) is 4. The zero-order valence-corrected chi connectivity index (χ0v) is 15.1. The number of nitrogens with one attached hydrogen (secondary N) is 1. The lowest BCUT2D eigenvalue weighted by molar-refractivity contribution is -0.275. The molecule has 1 atom stereocenters. The molecule has 29 heavy (non-hydrogen) atoms. The molecule has 0 aliphatic carbocycles. The van der Waals surface area contributed by atoms with Gasteiger partial charge in [-0.25, -0.2) is 0 Å². The van der Waals surface area contributed by atoms with Gasteiger partial charge in [0.1, 0.15) is 11.5 Å². The number of ether oxygens (including phenoxy) is 2. The van der Waals surface area contributed by atoms with Gasteiger partial charge in [0, 0.05) is 31.7 Å². The molecule has 0 unspecified atom stereocenters. The van der Waals surface area contributed by atoms with Crippen LogP contribution in [0.15, 0.2) is 48.5 Å². The van der Waals surface area contributed by atoms with Gasteiger partial charge in [0.15, 0.2) is 0 Å². The van der Waals surface area contributed by atoms with E-state index in [2.05, 4.69) is 14.8 Å². The van der Waals surface area contributed by atoms with Crippen molar-refractivity contribution in [2.24, 2.45) is 0 Å². The van der Waals surface area contributed by atoms with E-state index in [9.17, 15) is 26.3 Å². The van der Waals surface area contributed by atoms with Crippen molar-refractivity contribution in [1.82, 2.24) is 10.2 Å².